The number of sulfonamides is 1. The summed E-state index contributed by atoms with van der Waals surface area (Å²) in [6, 6.07) is 6.96. The van der Waals surface area contributed by atoms with Gasteiger partial charge in [0.1, 0.15) is 0 Å². The molecule has 6 heteroatoms. The van der Waals surface area contributed by atoms with Gasteiger partial charge >= 0.3 is 0 Å². The van der Waals surface area contributed by atoms with Crippen molar-refractivity contribution >= 4 is 27.7 Å². The topological polar surface area (TPSA) is 66.4 Å². The van der Waals surface area contributed by atoms with Crippen LogP contribution in [-0.2, 0) is 10.0 Å². The molecule has 0 amide bonds. The molecule has 4 nitrogen and oxygen atoms in total. The summed E-state index contributed by atoms with van der Waals surface area (Å²) in [6.45, 7) is 3.63. The maximum absolute atomic E-state index is 11.8. The summed E-state index contributed by atoms with van der Waals surface area (Å²) < 4.78 is 26.1. The zero-order valence-electron chi connectivity index (χ0n) is 11.6. The molecule has 0 atom stereocenters. The van der Waals surface area contributed by atoms with Gasteiger partial charge in [-0.3, -0.25) is 0 Å². The molecule has 0 fully saturated rings. The molecule has 1 aromatic rings. The van der Waals surface area contributed by atoms with Crippen LogP contribution in [0.1, 0.15) is 32.3 Å². The van der Waals surface area contributed by atoms with E-state index in [1.807, 2.05) is 13.8 Å². The molecular formula is C14H20ClNO3S. The van der Waals surface area contributed by atoms with Gasteiger partial charge in [0.15, 0.2) is 0 Å². The Morgan fingerprint density at radius 2 is 1.90 bits per heavy atom. The maximum atomic E-state index is 11.8. The van der Waals surface area contributed by atoms with E-state index in [4.69, 9.17) is 11.6 Å². The number of benzene rings is 1. The Hall–Kier alpha value is -0.880. The van der Waals surface area contributed by atoms with Gasteiger partial charge in [0.25, 0.3) is 0 Å². The quantitative estimate of drug-likeness (QED) is 0.812. The first kappa shape index (κ1) is 17.2. The molecule has 0 spiro atoms. The second-order valence-electron chi connectivity index (χ2n) is 4.62. The highest BCUT2D eigenvalue weighted by atomic mass is 35.5. The van der Waals surface area contributed by atoms with Crippen molar-refractivity contribution in [1.29, 1.82) is 0 Å². The van der Waals surface area contributed by atoms with E-state index in [1.165, 1.54) is 6.08 Å². The predicted octanol–water partition coefficient (Wildman–Crippen LogP) is 2.78. The van der Waals surface area contributed by atoms with Crippen molar-refractivity contribution in [3.8, 4) is 0 Å². The summed E-state index contributed by atoms with van der Waals surface area (Å²) in [6.07, 6.45) is 2.40. The van der Waals surface area contributed by atoms with Crippen LogP contribution in [0.15, 0.2) is 29.7 Å². The van der Waals surface area contributed by atoms with Crippen LogP contribution < -0.4 is 4.72 Å². The molecule has 1 aromatic carbocycles. The number of rotatable bonds is 7. The maximum Gasteiger partial charge on any atom is 0.233 e. The summed E-state index contributed by atoms with van der Waals surface area (Å²) in [5, 5.41) is 11.6. The van der Waals surface area contributed by atoms with E-state index >= 15 is 0 Å². The summed E-state index contributed by atoms with van der Waals surface area (Å²) in [5.41, 5.74) is -0.383. The normalized spacial score (nSPS) is 13.0. The second kappa shape index (κ2) is 7.22. The van der Waals surface area contributed by atoms with Crippen LogP contribution in [0.5, 0.6) is 0 Å². The van der Waals surface area contributed by atoms with E-state index < -0.39 is 15.6 Å². The highest BCUT2D eigenvalue weighted by Crippen LogP contribution is 2.17. The zero-order valence-corrected chi connectivity index (χ0v) is 13.2. The second-order valence-corrected chi connectivity index (χ2v) is 6.68. The van der Waals surface area contributed by atoms with E-state index in [2.05, 4.69) is 4.72 Å². The van der Waals surface area contributed by atoms with Gasteiger partial charge in [0, 0.05) is 17.0 Å². The average molecular weight is 318 g/mol. The molecule has 0 aliphatic carbocycles. The minimum atomic E-state index is -3.60. The third-order valence-electron chi connectivity index (χ3n) is 3.25. The van der Waals surface area contributed by atoms with Gasteiger partial charge in [0.2, 0.25) is 10.0 Å². The first-order valence-electron chi connectivity index (χ1n) is 6.46. The molecule has 0 aliphatic heterocycles. The summed E-state index contributed by atoms with van der Waals surface area (Å²) in [5.74, 6) is 0. The first-order chi connectivity index (χ1) is 9.32. The number of hydrogen-bond donors (Lipinski definition) is 2. The minimum Gasteiger partial charge on any atom is -0.389 e. The molecule has 0 aliphatic rings. The molecular weight excluding hydrogens is 298 g/mol. The number of halogens is 1. The van der Waals surface area contributed by atoms with E-state index in [0.29, 0.717) is 23.4 Å². The van der Waals surface area contributed by atoms with Gasteiger partial charge in [-0.15, -0.1) is 0 Å². The third kappa shape index (κ3) is 5.25. The summed E-state index contributed by atoms with van der Waals surface area (Å²) in [7, 11) is -3.60. The van der Waals surface area contributed by atoms with E-state index in [1.54, 1.807) is 24.3 Å². The Bertz CT molecular complexity index is 566. The van der Waals surface area contributed by atoms with Crippen molar-refractivity contribution in [2.45, 2.75) is 32.3 Å². The van der Waals surface area contributed by atoms with Gasteiger partial charge in [-0.05, 0) is 30.5 Å². The zero-order chi connectivity index (χ0) is 15.2. The average Bonchev–Trinajstić information content (AvgIpc) is 2.44. The molecule has 0 aromatic heterocycles. The van der Waals surface area contributed by atoms with Crippen LogP contribution in [0.3, 0.4) is 0 Å². The fourth-order valence-electron chi connectivity index (χ4n) is 1.56. The summed E-state index contributed by atoms with van der Waals surface area (Å²) in [4.78, 5) is 0. The van der Waals surface area contributed by atoms with E-state index in [9.17, 15) is 13.5 Å². The standard InChI is InChI=1S/C14H20ClNO3S/c1-3-14(17,4-2)11-16-20(18,19)10-9-12-7-5-6-8-13(12)15/h5-10,16-17H,3-4,11H2,1-2H3/b10-9+. The van der Waals surface area contributed by atoms with Gasteiger partial charge in [-0.25, -0.2) is 13.1 Å². The molecule has 2 N–H and O–H groups in total. The predicted molar refractivity (Wildman–Crippen MR) is 82.9 cm³/mol. The molecule has 0 radical (unpaired) electrons. The minimum absolute atomic E-state index is 0.00477. The van der Waals surface area contributed by atoms with Gasteiger partial charge in [-0.2, -0.15) is 0 Å². The Balaban J connectivity index is 2.74. The van der Waals surface area contributed by atoms with Crippen LogP contribution >= 0.6 is 11.6 Å². The SMILES string of the molecule is CCC(O)(CC)CNS(=O)(=O)/C=C/c1ccccc1Cl. The lowest BCUT2D eigenvalue weighted by molar-refractivity contribution is 0.0378. The van der Waals surface area contributed by atoms with Gasteiger partial charge < -0.3 is 5.11 Å². The molecule has 0 saturated heterocycles. The Morgan fingerprint density at radius 1 is 1.30 bits per heavy atom. The van der Waals surface area contributed by atoms with Crippen molar-refractivity contribution in [3.63, 3.8) is 0 Å². The largest absolute Gasteiger partial charge is 0.389 e. The monoisotopic (exact) mass is 317 g/mol. The van der Waals surface area contributed by atoms with Crippen LogP contribution in [0.25, 0.3) is 6.08 Å². The van der Waals surface area contributed by atoms with Crippen molar-refractivity contribution in [3.05, 3.63) is 40.3 Å². The lowest BCUT2D eigenvalue weighted by Gasteiger charge is -2.24. The van der Waals surface area contributed by atoms with Crippen molar-refractivity contribution in [2.24, 2.45) is 0 Å². The smallest absolute Gasteiger partial charge is 0.233 e. The Labute approximate surface area is 125 Å². The molecule has 0 heterocycles. The number of nitrogens with one attached hydrogen (secondary N) is 1. The fraction of sp³-hybridized carbons (Fsp3) is 0.429. The third-order valence-corrected chi connectivity index (χ3v) is 4.64. The number of aliphatic hydroxyl groups is 1. The molecule has 0 bridgehead atoms. The molecule has 0 saturated carbocycles. The molecule has 112 valence electrons. The van der Waals surface area contributed by atoms with Crippen LogP contribution in [0.2, 0.25) is 5.02 Å². The van der Waals surface area contributed by atoms with Crippen molar-refractivity contribution in [2.75, 3.05) is 6.54 Å². The van der Waals surface area contributed by atoms with E-state index in [-0.39, 0.29) is 6.54 Å². The molecule has 0 unspecified atom stereocenters. The highest BCUT2D eigenvalue weighted by molar-refractivity contribution is 7.92. The van der Waals surface area contributed by atoms with Crippen LogP contribution in [-0.4, -0.2) is 25.7 Å². The number of hydrogen-bond acceptors (Lipinski definition) is 3. The molecule has 20 heavy (non-hydrogen) atoms. The van der Waals surface area contributed by atoms with Gasteiger partial charge in [0.05, 0.1) is 5.60 Å². The lowest BCUT2D eigenvalue weighted by atomic mass is 9.98. The first-order valence-corrected chi connectivity index (χ1v) is 8.39. The Kier molecular flexibility index (Phi) is 6.20. The van der Waals surface area contributed by atoms with E-state index in [0.717, 1.165) is 5.41 Å². The Morgan fingerprint density at radius 3 is 2.45 bits per heavy atom. The van der Waals surface area contributed by atoms with Crippen LogP contribution in [0, 0.1) is 0 Å². The van der Waals surface area contributed by atoms with Crippen molar-refractivity contribution in [1.82, 2.24) is 4.72 Å². The van der Waals surface area contributed by atoms with Crippen molar-refractivity contribution < 1.29 is 13.5 Å². The van der Waals surface area contributed by atoms with Gasteiger partial charge in [-0.1, -0.05) is 43.6 Å². The highest BCUT2D eigenvalue weighted by Gasteiger charge is 2.23. The molecule has 1 rings (SSSR count). The summed E-state index contributed by atoms with van der Waals surface area (Å²) >= 11 is 5.94. The van der Waals surface area contributed by atoms with Crippen LogP contribution in [0.4, 0.5) is 0 Å². The fourth-order valence-corrected chi connectivity index (χ4v) is 2.65. The lowest BCUT2D eigenvalue weighted by Crippen LogP contribution is -2.41.